The van der Waals surface area contributed by atoms with Gasteiger partial charge in [-0.15, -0.1) is 0 Å². The molecule has 0 bridgehead atoms. The average Bonchev–Trinajstić information content (AvgIpc) is 2.47. The van der Waals surface area contributed by atoms with Crippen molar-refractivity contribution in [2.75, 3.05) is 0 Å². The first-order valence-corrected chi connectivity index (χ1v) is 3.75. The number of hydrogen-bond acceptors (Lipinski definition) is 2. The van der Waals surface area contributed by atoms with E-state index < -0.39 is 0 Å². The smallest absolute Gasteiger partial charge is 0.0734 e. The second-order valence-electron chi connectivity index (χ2n) is 2.76. The van der Waals surface area contributed by atoms with Crippen molar-refractivity contribution < 1.29 is 0 Å². The van der Waals surface area contributed by atoms with Crippen LogP contribution in [-0.2, 0) is 6.42 Å². The van der Waals surface area contributed by atoms with Crippen LogP contribution in [0.5, 0.6) is 0 Å². The predicted octanol–water partition coefficient (Wildman–Crippen LogP) is 1.63. The number of rotatable bonds is 0. The highest BCUT2D eigenvalue weighted by molar-refractivity contribution is 5.33. The number of fused-ring (bicyclic) bond motifs is 1. The summed E-state index contributed by atoms with van der Waals surface area (Å²) >= 11 is 0. The maximum Gasteiger partial charge on any atom is 0.0734 e. The summed E-state index contributed by atoms with van der Waals surface area (Å²) in [6, 6.07) is 6.18. The van der Waals surface area contributed by atoms with Crippen molar-refractivity contribution in [1.29, 1.82) is 5.26 Å². The number of pyridine rings is 1. The molecular formula is C9H8N2. The molecule has 1 aromatic heterocycles. The molecule has 2 nitrogen and oxygen atoms in total. The van der Waals surface area contributed by atoms with Gasteiger partial charge in [-0.2, -0.15) is 5.26 Å². The molecule has 1 aliphatic carbocycles. The normalized spacial score (nSPS) is 20.8. The lowest BCUT2D eigenvalue weighted by Gasteiger charge is -1.98. The van der Waals surface area contributed by atoms with E-state index >= 15 is 0 Å². The molecule has 0 amide bonds. The quantitative estimate of drug-likeness (QED) is 0.555. The van der Waals surface area contributed by atoms with Crippen LogP contribution in [0.3, 0.4) is 0 Å². The molecule has 11 heavy (non-hydrogen) atoms. The summed E-state index contributed by atoms with van der Waals surface area (Å²) in [6.45, 7) is 0. The molecule has 1 atom stereocenters. The molecule has 1 aliphatic rings. The number of nitriles is 1. The Morgan fingerprint density at radius 3 is 3.36 bits per heavy atom. The Hall–Kier alpha value is -1.36. The lowest BCUT2D eigenvalue weighted by atomic mass is 10.1. The lowest BCUT2D eigenvalue weighted by molar-refractivity contribution is 0.822. The minimum absolute atomic E-state index is 0.0960. The summed E-state index contributed by atoms with van der Waals surface area (Å²) in [4.78, 5) is 4.21. The Balaban J connectivity index is 2.49. The standard InChI is InChI=1S/C9H8N2/c10-6-7-3-4-9-8(7)2-1-5-11-9/h1-2,5,7H,3-4H2/t7-/m0/s1. The minimum atomic E-state index is 0.0960. The van der Waals surface area contributed by atoms with Gasteiger partial charge in [-0.25, -0.2) is 0 Å². The fourth-order valence-electron chi connectivity index (χ4n) is 1.55. The summed E-state index contributed by atoms with van der Waals surface area (Å²) in [5.41, 5.74) is 2.24. The zero-order valence-electron chi connectivity index (χ0n) is 6.12. The van der Waals surface area contributed by atoms with E-state index in [0.717, 1.165) is 24.1 Å². The number of hydrogen-bond donors (Lipinski definition) is 0. The fraction of sp³-hybridized carbons (Fsp3) is 0.333. The SMILES string of the molecule is N#C[C@@H]1CCc2ncccc21. The highest BCUT2D eigenvalue weighted by Gasteiger charge is 2.21. The molecule has 0 N–H and O–H groups in total. The Morgan fingerprint density at radius 2 is 2.55 bits per heavy atom. The molecule has 0 aromatic carbocycles. The van der Waals surface area contributed by atoms with Crippen molar-refractivity contribution in [3.63, 3.8) is 0 Å². The fourth-order valence-corrected chi connectivity index (χ4v) is 1.55. The Bertz CT molecular complexity index is 312. The average molecular weight is 144 g/mol. The molecule has 0 aliphatic heterocycles. The Morgan fingerprint density at radius 1 is 1.64 bits per heavy atom. The molecular weight excluding hydrogens is 136 g/mol. The van der Waals surface area contributed by atoms with E-state index in [0.29, 0.717) is 0 Å². The number of aromatic nitrogens is 1. The summed E-state index contributed by atoms with van der Waals surface area (Å²) in [7, 11) is 0. The molecule has 0 saturated heterocycles. The Kier molecular flexibility index (Phi) is 1.36. The van der Waals surface area contributed by atoms with Crippen LogP contribution in [0.2, 0.25) is 0 Å². The van der Waals surface area contributed by atoms with Crippen molar-refractivity contribution in [3.8, 4) is 6.07 Å². The molecule has 0 unspecified atom stereocenters. The summed E-state index contributed by atoms with van der Waals surface area (Å²) in [5, 5.41) is 8.74. The van der Waals surface area contributed by atoms with Gasteiger partial charge in [0.05, 0.1) is 12.0 Å². The minimum Gasteiger partial charge on any atom is -0.261 e. The van der Waals surface area contributed by atoms with Crippen LogP contribution in [0.1, 0.15) is 23.6 Å². The van der Waals surface area contributed by atoms with E-state index in [2.05, 4.69) is 11.1 Å². The Labute approximate surface area is 65.5 Å². The molecule has 1 aromatic rings. The van der Waals surface area contributed by atoms with Gasteiger partial charge in [0.1, 0.15) is 0 Å². The van der Waals surface area contributed by atoms with Crippen molar-refractivity contribution in [1.82, 2.24) is 4.98 Å². The molecule has 0 saturated carbocycles. The van der Waals surface area contributed by atoms with Gasteiger partial charge in [0.2, 0.25) is 0 Å². The van der Waals surface area contributed by atoms with Gasteiger partial charge in [-0.1, -0.05) is 6.07 Å². The van der Waals surface area contributed by atoms with Crippen LogP contribution in [0.15, 0.2) is 18.3 Å². The third-order valence-electron chi connectivity index (χ3n) is 2.13. The van der Waals surface area contributed by atoms with Crippen molar-refractivity contribution >= 4 is 0 Å². The first kappa shape index (κ1) is 6.36. The highest BCUT2D eigenvalue weighted by Crippen LogP contribution is 2.30. The van der Waals surface area contributed by atoms with Crippen molar-refractivity contribution in [2.24, 2.45) is 0 Å². The second kappa shape index (κ2) is 2.35. The molecule has 0 fully saturated rings. The summed E-state index contributed by atoms with van der Waals surface area (Å²) in [5.74, 6) is 0.0960. The van der Waals surface area contributed by atoms with Crippen LogP contribution in [0.4, 0.5) is 0 Å². The maximum absolute atomic E-state index is 8.74. The van der Waals surface area contributed by atoms with E-state index in [9.17, 15) is 0 Å². The number of aryl methyl sites for hydroxylation is 1. The monoisotopic (exact) mass is 144 g/mol. The van der Waals surface area contributed by atoms with Gasteiger partial charge >= 0.3 is 0 Å². The molecule has 0 spiro atoms. The molecule has 1 heterocycles. The van der Waals surface area contributed by atoms with E-state index in [-0.39, 0.29) is 5.92 Å². The topological polar surface area (TPSA) is 36.7 Å². The van der Waals surface area contributed by atoms with Gasteiger partial charge in [-0.3, -0.25) is 4.98 Å². The number of nitrogens with zero attached hydrogens (tertiary/aromatic N) is 2. The van der Waals surface area contributed by atoms with Gasteiger partial charge in [-0.05, 0) is 24.5 Å². The van der Waals surface area contributed by atoms with E-state index in [4.69, 9.17) is 5.26 Å². The molecule has 2 heteroatoms. The predicted molar refractivity (Wildman–Crippen MR) is 40.9 cm³/mol. The first-order valence-electron chi connectivity index (χ1n) is 3.75. The van der Waals surface area contributed by atoms with Gasteiger partial charge in [0.25, 0.3) is 0 Å². The third-order valence-corrected chi connectivity index (χ3v) is 2.13. The van der Waals surface area contributed by atoms with Crippen LogP contribution < -0.4 is 0 Å². The van der Waals surface area contributed by atoms with Crippen molar-refractivity contribution in [3.05, 3.63) is 29.6 Å². The van der Waals surface area contributed by atoms with E-state index in [1.54, 1.807) is 6.20 Å². The largest absolute Gasteiger partial charge is 0.261 e. The third kappa shape index (κ3) is 0.894. The molecule has 54 valence electrons. The van der Waals surface area contributed by atoms with Crippen LogP contribution in [0, 0.1) is 11.3 Å². The van der Waals surface area contributed by atoms with E-state index in [1.807, 2.05) is 12.1 Å². The first-order chi connectivity index (χ1) is 5.42. The van der Waals surface area contributed by atoms with Crippen LogP contribution >= 0.6 is 0 Å². The molecule has 2 rings (SSSR count). The zero-order chi connectivity index (χ0) is 7.68. The lowest BCUT2D eigenvalue weighted by Crippen LogP contribution is -1.88. The van der Waals surface area contributed by atoms with Crippen LogP contribution in [0.25, 0.3) is 0 Å². The summed E-state index contributed by atoms with van der Waals surface area (Å²) < 4.78 is 0. The highest BCUT2D eigenvalue weighted by atomic mass is 14.7. The zero-order valence-corrected chi connectivity index (χ0v) is 6.12. The maximum atomic E-state index is 8.74. The van der Waals surface area contributed by atoms with E-state index in [1.165, 1.54) is 0 Å². The molecule has 0 radical (unpaired) electrons. The van der Waals surface area contributed by atoms with Gasteiger partial charge in [0, 0.05) is 11.9 Å². The second-order valence-corrected chi connectivity index (χ2v) is 2.76. The van der Waals surface area contributed by atoms with Gasteiger partial charge in [0.15, 0.2) is 0 Å². The van der Waals surface area contributed by atoms with Crippen molar-refractivity contribution in [2.45, 2.75) is 18.8 Å². The summed E-state index contributed by atoms with van der Waals surface area (Å²) in [6.07, 6.45) is 3.70. The van der Waals surface area contributed by atoms with Gasteiger partial charge < -0.3 is 0 Å². The van der Waals surface area contributed by atoms with Crippen LogP contribution in [-0.4, -0.2) is 4.98 Å².